The van der Waals surface area contributed by atoms with E-state index in [9.17, 15) is 4.79 Å². The molecular formula is C14H20N6O. The number of nitrogens with zero attached hydrogens (tertiary/aromatic N) is 4. The van der Waals surface area contributed by atoms with Crippen LogP contribution in [0.25, 0.3) is 0 Å². The zero-order valence-corrected chi connectivity index (χ0v) is 12.4. The van der Waals surface area contributed by atoms with Crippen molar-refractivity contribution in [3.05, 3.63) is 36.8 Å². The largest absolute Gasteiger partial charge is 0.363 e. The maximum Gasteiger partial charge on any atom is 0.319 e. The molecule has 7 nitrogen and oxygen atoms in total. The van der Waals surface area contributed by atoms with Gasteiger partial charge in [0, 0.05) is 32.5 Å². The first-order chi connectivity index (χ1) is 10.0. The smallest absolute Gasteiger partial charge is 0.319 e. The Kier molecular flexibility index (Phi) is 4.76. The van der Waals surface area contributed by atoms with Crippen LogP contribution in [0.15, 0.2) is 36.8 Å². The number of nitrogens with one attached hydrogen (secondary N) is 2. The standard InChI is InChI=1S/C14H20N6O/c1-11(10-20-8-4-7-16-20)17-14(21)18-12-5-6-13(15-9-12)19(2)3/h4-9,11H,10H2,1-3H3,(H2,17,18,21)/t11-/m1/s1. The summed E-state index contributed by atoms with van der Waals surface area (Å²) < 4.78 is 1.78. The van der Waals surface area contributed by atoms with Crippen molar-refractivity contribution in [2.45, 2.75) is 19.5 Å². The molecule has 112 valence electrons. The van der Waals surface area contributed by atoms with Crippen LogP contribution in [0.2, 0.25) is 0 Å². The third-order valence-corrected chi connectivity index (χ3v) is 2.86. The molecule has 0 spiro atoms. The van der Waals surface area contributed by atoms with Crippen LogP contribution in [0.5, 0.6) is 0 Å². The van der Waals surface area contributed by atoms with Gasteiger partial charge in [-0.15, -0.1) is 0 Å². The number of carbonyl (C=O) groups excluding carboxylic acids is 1. The second-order valence-corrected chi connectivity index (χ2v) is 5.03. The molecule has 2 amide bonds. The van der Waals surface area contributed by atoms with Gasteiger partial charge in [-0.25, -0.2) is 9.78 Å². The third kappa shape index (κ3) is 4.48. The maximum atomic E-state index is 11.9. The molecule has 0 saturated carbocycles. The van der Waals surface area contributed by atoms with Crippen LogP contribution < -0.4 is 15.5 Å². The number of pyridine rings is 1. The first kappa shape index (κ1) is 14.8. The molecule has 2 aromatic heterocycles. The number of rotatable bonds is 5. The fraction of sp³-hybridized carbons (Fsp3) is 0.357. The van der Waals surface area contributed by atoms with Gasteiger partial charge >= 0.3 is 6.03 Å². The van der Waals surface area contributed by atoms with Crippen LogP contribution in [0.3, 0.4) is 0 Å². The number of amides is 2. The Morgan fingerprint density at radius 3 is 2.81 bits per heavy atom. The molecule has 1 atom stereocenters. The average molecular weight is 288 g/mol. The highest BCUT2D eigenvalue weighted by atomic mass is 16.2. The van der Waals surface area contributed by atoms with E-state index in [1.54, 1.807) is 17.1 Å². The lowest BCUT2D eigenvalue weighted by molar-refractivity contribution is 0.247. The summed E-state index contributed by atoms with van der Waals surface area (Å²) in [7, 11) is 3.83. The predicted molar refractivity (Wildman–Crippen MR) is 82.4 cm³/mol. The van der Waals surface area contributed by atoms with E-state index in [0.717, 1.165) is 5.82 Å². The van der Waals surface area contributed by atoms with Crippen molar-refractivity contribution < 1.29 is 4.79 Å². The molecule has 2 aromatic rings. The Balaban J connectivity index is 1.83. The van der Waals surface area contributed by atoms with Gasteiger partial charge in [0.15, 0.2) is 0 Å². The lowest BCUT2D eigenvalue weighted by Crippen LogP contribution is -2.38. The second-order valence-electron chi connectivity index (χ2n) is 5.03. The van der Waals surface area contributed by atoms with Crippen LogP contribution in [0, 0.1) is 0 Å². The van der Waals surface area contributed by atoms with E-state index < -0.39 is 0 Å². The van der Waals surface area contributed by atoms with E-state index >= 15 is 0 Å². The zero-order valence-electron chi connectivity index (χ0n) is 12.4. The summed E-state index contributed by atoms with van der Waals surface area (Å²) in [6.45, 7) is 2.55. The lowest BCUT2D eigenvalue weighted by Gasteiger charge is -2.15. The highest BCUT2D eigenvalue weighted by Gasteiger charge is 2.08. The van der Waals surface area contributed by atoms with Crippen LogP contribution in [-0.4, -0.2) is 40.9 Å². The Labute approximate surface area is 124 Å². The SMILES string of the molecule is C[C@H](Cn1cccn1)NC(=O)Nc1ccc(N(C)C)nc1. The Hall–Kier alpha value is -2.57. The molecule has 0 aromatic carbocycles. The minimum absolute atomic E-state index is 0.0288. The second kappa shape index (κ2) is 6.74. The first-order valence-electron chi connectivity index (χ1n) is 6.73. The fourth-order valence-electron chi connectivity index (χ4n) is 1.85. The molecule has 0 saturated heterocycles. The van der Waals surface area contributed by atoms with Gasteiger partial charge in [-0.05, 0) is 25.1 Å². The van der Waals surface area contributed by atoms with Gasteiger partial charge in [0.05, 0.1) is 18.4 Å². The molecule has 7 heteroatoms. The summed E-state index contributed by atoms with van der Waals surface area (Å²) in [5, 5.41) is 9.72. The molecular weight excluding hydrogens is 268 g/mol. The maximum absolute atomic E-state index is 11.9. The monoisotopic (exact) mass is 288 g/mol. The topological polar surface area (TPSA) is 75.1 Å². The van der Waals surface area contributed by atoms with Crippen molar-refractivity contribution in [2.75, 3.05) is 24.3 Å². The van der Waals surface area contributed by atoms with Crippen molar-refractivity contribution in [3.63, 3.8) is 0 Å². The van der Waals surface area contributed by atoms with Crippen LogP contribution in [-0.2, 0) is 6.54 Å². The highest BCUT2D eigenvalue weighted by molar-refractivity contribution is 5.89. The Morgan fingerprint density at radius 1 is 1.43 bits per heavy atom. The van der Waals surface area contributed by atoms with E-state index in [4.69, 9.17) is 0 Å². The van der Waals surface area contributed by atoms with E-state index in [1.807, 2.05) is 50.3 Å². The van der Waals surface area contributed by atoms with Gasteiger partial charge in [0.25, 0.3) is 0 Å². The summed E-state index contributed by atoms with van der Waals surface area (Å²) in [5.74, 6) is 0.841. The van der Waals surface area contributed by atoms with Crippen molar-refractivity contribution >= 4 is 17.5 Å². The molecule has 0 unspecified atom stereocenters. The minimum Gasteiger partial charge on any atom is -0.363 e. The number of carbonyl (C=O) groups is 1. The van der Waals surface area contributed by atoms with Crippen molar-refractivity contribution in [1.29, 1.82) is 0 Å². The van der Waals surface area contributed by atoms with E-state index in [-0.39, 0.29) is 12.1 Å². The summed E-state index contributed by atoms with van der Waals surface area (Å²) in [6, 6.07) is 5.24. The quantitative estimate of drug-likeness (QED) is 0.875. The van der Waals surface area contributed by atoms with Gasteiger partial charge < -0.3 is 15.5 Å². The summed E-state index contributed by atoms with van der Waals surface area (Å²) in [5.41, 5.74) is 0.657. The summed E-state index contributed by atoms with van der Waals surface area (Å²) >= 11 is 0. The zero-order chi connectivity index (χ0) is 15.2. The predicted octanol–water partition coefficient (Wildman–Crippen LogP) is 1.55. The Morgan fingerprint density at radius 2 is 2.24 bits per heavy atom. The van der Waals surface area contributed by atoms with Crippen LogP contribution in [0.1, 0.15) is 6.92 Å². The van der Waals surface area contributed by atoms with Crippen LogP contribution in [0.4, 0.5) is 16.3 Å². The minimum atomic E-state index is -0.256. The molecule has 0 radical (unpaired) electrons. The van der Waals surface area contributed by atoms with Crippen LogP contribution >= 0.6 is 0 Å². The van der Waals surface area contributed by atoms with Gasteiger partial charge in [0.1, 0.15) is 5.82 Å². The van der Waals surface area contributed by atoms with Gasteiger partial charge in [-0.1, -0.05) is 0 Å². The average Bonchev–Trinajstić information content (AvgIpc) is 2.91. The normalized spacial score (nSPS) is 11.8. The summed E-state index contributed by atoms with van der Waals surface area (Å²) in [4.78, 5) is 18.0. The Bertz CT molecular complexity index is 564. The number of anilines is 2. The number of aromatic nitrogens is 3. The molecule has 2 heterocycles. The third-order valence-electron chi connectivity index (χ3n) is 2.86. The molecule has 0 aliphatic carbocycles. The fourth-order valence-corrected chi connectivity index (χ4v) is 1.85. The van der Waals surface area contributed by atoms with Gasteiger partial charge in [0.2, 0.25) is 0 Å². The van der Waals surface area contributed by atoms with E-state index in [1.165, 1.54) is 0 Å². The van der Waals surface area contributed by atoms with E-state index in [2.05, 4.69) is 20.7 Å². The van der Waals surface area contributed by atoms with Crippen molar-refractivity contribution in [2.24, 2.45) is 0 Å². The molecule has 2 rings (SSSR count). The molecule has 0 aliphatic rings. The van der Waals surface area contributed by atoms with Gasteiger partial charge in [-0.3, -0.25) is 4.68 Å². The lowest BCUT2D eigenvalue weighted by atomic mass is 10.3. The summed E-state index contributed by atoms with van der Waals surface area (Å²) in [6.07, 6.45) is 5.21. The van der Waals surface area contributed by atoms with Gasteiger partial charge in [-0.2, -0.15) is 5.10 Å². The number of hydrogen-bond donors (Lipinski definition) is 2. The molecule has 0 aliphatic heterocycles. The van der Waals surface area contributed by atoms with E-state index in [0.29, 0.717) is 12.2 Å². The molecule has 0 fully saturated rings. The number of hydrogen-bond acceptors (Lipinski definition) is 4. The molecule has 2 N–H and O–H groups in total. The first-order valence-corrected chi connectivity index (χ1v) is 6.73. The molecule has 21 heavy (non-hydrogen) atoms. The highest BCUT2D eigenvalue weighted by Crippen LogP contribution is 2.11. The van der Waals surface area contributed by atoms with Crippen molar-refractivity contribution in [1.82, 2.24) is 20.1 Å². The number of urea groups is 1. The molecule has 0 bridgehead atoms. The van der Waals surface area contributed by atoms with Crippen molar-refractivity contribution in [3.8, 4) is 0 Å².